The number of hydrogen-bond acceptors (Lipinski definition) is 1. The van der Waals surface area contributed by atoms with Crippen molar-refractivity contribution in [3.63, 3.8) is 0 Å². The van der Waals surface area contributed by atoms with Crippen LogP contribution in [0.5, 0.6) is 0 Å². The van der Waals surface area contributed by atoms with Crippen LogP contribution in [-0.2, 0) is 6.42 Å². The molecule has 1 unspecified atom stereocenters. The summed E-state index contributed by atoms with van der Waals surface area (Å²) < 4.78 is 13.1. The van der Waals surface area contributed by atoms with Gasteiger partial charge in [0.2, 0.25) is 0 Å². The van der Waals surface area contributed by atoms with Gasteiger partial charge in [-0.25, -0.2) is 9.18 Å². The van der Waals surface area contributed by atoms with E-state index in [9.17, 15) is 9.18 Å². The third kappa shape index (κ3) is 1.30. The van der Waals surface area contributed by atoms with Crippen molar-refractivity contribution in [1.29, 1.82) is 0 Å². The highest BCUT2D eigenvalue weighted by atomic mass is 19.1. The summed E-state index contributed by atoms with van der Waals surface area (Å²) in [7, 11) is 0. The number of halogens is 1. The molecule has 1 aromatic carbocycles. The van der Waals surface area contributed by atoms with E-state index >= 15 is 0 Å². The van der Waals surface area contributed by atoms with Gasteiger partial charge in [-0.15, -0.1) is 0 Å². The number of hydrogen-bond donors (Lipinski definition) is 1. The molecule has 1 aromatic rings. The molecule has 0 saturated heterocycles. The van der Waals surface area contributed by atoms with Crippen LogP contribution in [0.1, 0.15) is 34.1 Å². The number of fused-ring (bicyclic) bond motifs is 1. The Morgan fingerprint density at radius 3 is 3.00 bits per heavy atom. The summed E-state index contributed by atoms with van der Waals surface area (Å²) in [6, 6.07) is 4.60. The Hall–Kier alpha value is -1.38. The maximum Gasteiger partial charge on any atom is 0.335 e. The maximum atomic E-state index is 13.1. The molecule has 1 atom stereocenters. The molecule has 2 rings (SSSR count). The lowest BCUT2D eigenvalue weighted by molar-refractivity contribution is 0.0696. The minimum Gasteiger partial charge on any atom is -0.478 e. The second-order valence-electron chi connectivity index (χ2n) is 3.22. The highest BCUT2D eigenvalue weighted by Crippen LogP contribution is 2.34. The molecule has 1 N–H and O–H groups in total. The van der Waals surface area contributed by atoms with E-state index in [0.717, 1.165) is 5.56 Å². The van der Waals surface area contributed by atoms with Crippen molar-refractivity contribution in [3.8, 4) is 0 Å². The number of carboxylic acids is 1. The minimum atomic E-state index is -0.954. The molecule has 0 spiro atoms. The number of alkyl halides is 1. The van der Waals surface area contributed by atoms with Crippen molar-refractivity contribution in [2.45, 2.75) is 19.0 Å². The topological polar surface area (TPSA) is 37.3 Å². The zero-order valence-corrected chi connectivity index (χ0v) is 6.96. The Morgan fingerprint density at radius 2 is 2.31 bits per heavy atom. The largest absolute Gasteiger partial charge is 0.478 e. The Labute approximate surface area is 75.0 Å². The van der Waals surface area contributed by atoms with Crippen LogP contribution in [0.2, 0.25) is 0 Å². The highest BCUT2D eigenvalue weighted by molar-refractivity contribution is 5.88. The predicted molar refractivity (Wildman–Crippen MR) is 45.6 cm³/mol. The van der Waals surface area contributed by atoms with E-state index in [-0.39, 0.29) is 5.56 Å². The van der Waals surface area contributed by atoms with E-state index in [2.05, 4.69) is 0 Å². The van der Waals surface area contributed by atoms with Crippen LogP contribution in [0, 0.1) is 0 Å². The van der Waals surface area contributed by atoms with Gasteiger partial charge in [0.15, 0.2) is 0 Å². The Bertz CT molecular complexity index is 360. The van der Waals surface area contributed by atoms with Crippen molar-refractivity contribution >= 4 is 5.97 Å². The molecule has 0 bridgehead atoms. The van der Waals surface area contributed by atoms with Crippen LogP contribution in [0.15, 0.2) is 18.2 Å². The average Bonchev–Trinajstić information content (AvgIpc) is 2.47. The van der Waals surface area contributed by atoms with E-state index in [1.807, 2.05) is 0 Å². The van der Waals surface area contributed by atoms with Gasteiger partial charge < -0.3 is 5.11 Å². The molecule has 0 heterocycles. The number of carbonyl (C=O) groups is 1. The number of aryl methyl sites for hydroxylation is 1. The van der Waals surface area contributed by atoms with Crippen LogP contribution in [-0.4, -0.2) is 11.1 Å². The molecular weight excluding hydrogens is 171 g/mol. The molecule has 13 heavy (non-hydrogen) atoms. The summed E-state index contributed by atoms with van der Waals surface area (Å²) in [6.07, 6.45) is 0.230. The summed E-state index contributed by atoms with van der Waals surface area (Å²) in [6.45, 7) is 0. The molecule has 0 radical (unpaired) electrons. The Kier molecular flexibility index (Phi) is 1.79. The highest BCUT2D eigenvalue weighted by Gasteiger charge is 2.22. The van der Waals surface area contributed by atoms with Gasteiger partial charge in [-0.3, -0.25) is 0 Å². The van der Waals surface area contributed by atoms with Crippen LogP contribution in [0.4, 0.5) is 4.39 Å². The first-order valence-corrected chi connectivity index (χ1v) is 4.18. The zero-order valence-electron chi connectivity index (χ0n) is 6.96. The molecular formula is C10H9FO2. The summed E-state index contributed by atoms with van der Waals surface area (Å²) in [5.74, 6) is -0.954. The second-order valence-corrected chi connectivity index (χ2v) is 3.22. The van der Waals surface area contributed by atoms with Gasteiger partial charge in [0.25, 0.3) is 0 Å². The fourth-order valence-corrected chi connectivity index (χ4v) is 1.70. The van der Waals surface area contributed by atoms with E-state index in [1.165, 1.54) is 6.07 Å². The molecule has 0 saturated carbocycles. The standard InChI is InChI=1S/C10H9FO2/c11-9-4-2-6-5-7(10(12)13)1-3-8(6)9/h1,3,5,9H,2,4H2,(H,12,13). The molecule has 1 aliphatic rings. The molecule has 68 valence electrons. The maximum absolute atomic E-state index is 13.1. The fraction of sp³-hybridized carbons (Fsp3) is 0.300. The van der Waals surface area contributed by atoms with Gasteiger partial charge in [-0.05, 0) is 36.1 Å². The quantitative estimate of drug-likeness (QED) is 0.720. The first-order valence-electron chi connectivity index (χ1n) is 4.18. The summed E-state index contributed by atoms with van der Waals surface area (Å²) in [4.78, 5) is 10.6. The summed E-state index contributed by atoms with van der Waals surface area (Å²) in [5, 5.41) is 8.69. The number of aromatic carboxylic acids is 1. The van der Waals surface area contributed by atoms with Crippen molar-refractivity contribution < 1.29 is 14.3 Å². The Balaban J connectivity index is 2.45. The van der Waals surface area contributed by atoms with Crippen molar-refractivity contribution in [2.75, 3.05) is 0 Å². The molecule has 3 heteroatoms. The van der Waals surface area contributed by atoms with Gasteiger partial charge in [-0.2, -0.15) is 0 Å². The second kappa shape index (κ2) is 2.83. The van der Waals surface area contributed by atoms with E-state index in [4.69, 9.17) is 5.11 Å². The third-order valence-corrected chi connectivity index (χ3v) is 2.39. The van der Waals surface area contributed by atoms with Crippen molar-refractivity contribution in [3.05, 3.63) is 34.9 Å². The smallest absolute Gasteiger partial charge is 0.335 e. The zero-order chi connectivity index (χ0) is 9.42. The first-order chi connectivity index (χ1) is 6.18. The van der Waals surface area contributed by atoms with Crippen LogP contribution < -0.4 is 0 Å². The molecule has 0 aromatic heterocycles. The van der Waals surface area contributed by atoms with Gasteiger partial charge in [-0.1, -0.05) is 6.07 Å². The fourth-order valence-electron chi connectivity index (χ4n) is 1.70. The lowest BCUT2D eigenvalue weighted by Crippen LogP contribution is -1.97. The summed E-state index contributed by atoms with van der Waals surface area (Å²) >= 11 is 0. The molecule has 0 fully saturated rings. The first kappa shape index (κ1) is 8.23. The van der Waals surface area contributed by atoms with Gasteiger partial charge in [0.1, 0.15) is 6.17 Å². The average molecular weight is 180 g/mol. The van der Waals surface area contributed by atoms with Crippen LogP contribution in [0.3, 0.4) is 0 Å². The lowest BCUT2D eigenvalue weighted by Gasteiger charge is -2.01. The van der Waals surface area contributed by atoms with Gasteiger partial charge in [0, 0.05) is 0 Å². The number of rotatable bonds is 1. The van der Waals surface area contributed by atoms with Crippen molar-refractivity contribution in [1.82, 2.24) is 0 Å². The molecule has 0 aliphatic heterocycles. The van der Waals surface area contributed by atoms with E-state index < -0.39 is 12.1 Å². The molecule has 0 amide bonds. The third-order valence-electron chi connectivity index (χ3n) is 2.39. The SMILES string of the molecule is O=C(O)c1ccc2c(c1)CCC2F. The Morgan fingerprint density at radius 1 is 1.54 bits per heavy atom. The predicted octanol–water partition coefficient (Wildman–Crippen LogP) is 2.34. The number of carboxylic acid groups (broad SMARTS) is 1. The number of benzene rings is 1. The van der Waals surface area contributed by atoms with Crippen molar-refractivity contribution in [2.24, 2.45) is 0 Å². The summed E-state index contributed by atoms with van der Waals surface area (Å²) in [5.41, 5.74) is 1.74. The van der Waals surface area contributed by atoms with Crippen LogP contribution >= 0.6 is 0 Å². The van der Waals surface area contributed by atoms with E-state index in [0.29, 0.717) is 18.4 Å². The lowest BCUT2D eigenvalue weighted by atomic mass is 10.1. The monoisotopic (exact) mass is 180 g/mol. The van der Waals surface area contributed by atoms with E-state index in [1.54, 1.807) is 12.1 Å². The van der Waals surface area contributed by atoms with Gasteiger partial charge in [0.05, 0.1) is 5.56 Å². The molecule has 2 nitrogen and oxygen atoms in total. The van der Waals surface area contributed by atoms with Gasteiger partial charge >= 0.3 is 5.97 Å². The van der Waals surface area contributed by atoms with Crippen LogP contribution in [0.25, 0.3) is 0 Å². The minimum absolute atomic E-state index is 0.243. The molecule has 1 aliphatic carbocycles. The normalized spacial score (nSPS) is 19.9.